The second-order valence-corrected chi connectivity index (χ2v) is 23.3. The summed E-state index contributed by atoms with van der Waals surface area (Å²) in [5.74, 6) is -1.61. The Morgan fingerprint density at radius 1 is 0.658 bits per heavy atom. The molecule has 0 saturated heterocycles. The highest BCUT2D eigenvalue weighted by molar-refractivity contribution is 7.91. The quantitative estimate of drug-likeness (QED) is 0.0260. The third kappa shape index (κ3) is 11.6. The van der Waals surface area contributed by atoms with Gasteiger partial charge >= 0.3 is 0 Å². The number of sulfone groups is 1. The lowest BCUT2D eigenvalue weighted by Crippen LogP contribution is -2.12. The summed E-state index contributed by atoms with van der Waals surface area (Å²) in [6, 6.07) is 19.5. The van der Waals surface area contributed by atoms with Crippen molar-refractivity contribution in [2.24, 2.45) is 20.5 Å². The number of nitrogens with zero attached hydrogens (tertiary/aromatic N) is 8. The van der Waals surface area contributed by atoms with Crippen LogP contribution < -0.4 is 21.3 Å². The molecule has 6 aromatic carbocycles. The highest BCUT2D eigenvalue weighted by atomic mass is 35.5. The maximum Gasteiger partial charge on any atom is 0.296 e. The summed E-state index contributed by atoms with van der Waals surface area (Å²) in [4.78, 5) is 10.8. The van der Waals surface area contributed by atoms with E-state index in [0.29, 0.717) is 34.8 Å². The fraction of sp³-hybridized carbons (Fsp3) is 0.0976. The molecule has 7 rings (SSSR count). The van der Waals surface area contributed by atoms with Gasteiger partial charge in [-0.05, 0) is 114 Å². The van der Waals surface area contributed by atoms with Crippen molar-refractivity contribution in [3.05, 3.63) is 102 Å². The minimum atomic E-state index is -5.43. The van der Waals surface area contributed by atoms with E-state index in [1.165, 1.54) is 55.5 Å². The Hall–Kier alpha value is -7.33. The SMILES string of the molecule is CCS(=O)(=O)c1ccc(N=Nc2c(S(=O)(=O)O)cc3cc(S(=O)(=O)O)c(N=Nc4cc(Nc5nc(Cl)nc(-c6ccc(N(C)c7ccc(S(=O)(=O)O)cc7)c(NC)c6)n5)ccc4S(=O)(=O)O)c(O)c3c2N)cc1. The second-order valence-electron chi connectivity index (χ2n) is 15.1. The number of phenolic OH excluding ortho intramolecular Hbond substituents is 1. The van der Waals surface area contributed by atoms with Gasteiger partial charge in [0.2, 0.25) is 11.2 Å². The summed E-state index contributed by atoms with van der Waals surface area (Å²) >= 11 is 6.30. The highest BCUT2D eigenvalue weighted by Crippen LogP contribution is 2.49. The molecule has 9 N–H and O–H groups in total. The van der Waals surface area contributed by atoms with Crippen molar-refractivity contribution in [3.63, 3.8) is 0 Å². The first kappa shape index (κ1) is 53.5. The van der Waals surface area contributed by atoms with Gasteiger partial charge in [0.05, 0.1) is 43.7 Å². The van der Waals surface area contributed by atoms with Crippen LogP contribution in [0.4, 0.5) is 57.1 Å². The Kier molecular flexibility index (Phi) is 14.6. The zero-order valence-corrected chi connectivity index (χ0v) is 42.2. The summed E-state index contributed by atoms with van der Waals surface area (Å²) in [7, 11) is -20.5. The minimum Gasteiger partial charge on any atom is -0.505 e. The molecule has 0 unspecified atom stereocenters. The summed E-state index contributed by atoms with van der Waals surface area (Å²) < 4.78 is 163. The van der Waals surface area contributed by atoms with Crippen LogP contribution in [0.5, 0.6) is 5.75 Å². The van der Waals surface area contributed by atoms with Gasteiger partial charge in [-0.25, -0.2) is 8.42 Å². The molecule has 0 aliphatic rings. The molecule has 1 heterocycles. The number of azo groups is 2. The molecule has 0 spiro atoms. The van der Waals surface area contributed by atoms with Crippen LogP contribution in [0.2, 0.25) is 5.28 Å². The molecule has 73 heavy (non-hydrogen) atoms. The van der Waals surface area contributed by atoms with Crippen molar-refractivity contribution < 1.29 is 65.4 Å². The predicted octanol–water partition coefficient (Wildman–Crippen LogP) is 7.80. The van der Waals surface area contributed by atoms with E-state index in [1.54, 1.807) is 37.2 Å². The molecule has 382 valence electrons. The van der Waals surface area contributed by atoms with E-state index in [2.05, 4.69) is 46.0 Å². The number of phenols is 1. The van der Waals surface area contributed by atoms with Crippen LogP contribution in [0.3, 0.4) is 0 Å². The monoisotopic (exact) mass is 1120 g/mol. The first-order chi connectivity index (χ1) is 34.0. The standard InChI is InChI=1S/C41H36ClN11O15S5/c1-4-69(55,56)26-11-6-23(7-12-26)49-51-36-32(72(63,64)65)18-22-19-33(73(66,67)68)37(38(54)34(22)35(36)43)52-50-29-20-24(8-16-31(29)71(60,61)62)45-41-47-39(46-40(42)48-41)21-5-15-30(28(17-21)44-2)53(3)25-9-13-27(14-10-25)70(57,58)59/h5-20,44,54H,4,43H2,1-3H3,(H,57,58,59)(H,60,61,62)(H,63,64,65)(H,66,67,68)(H,45,46,47,48). The number of nitrogen functional groups attached to an aromatic ring is 1. The maximum absolute atomic E-state index is 12.7. The Bertz CT molecular complexity index is 4040. The Balaban J connectivity index is 1.27. The van der Waals surface area contributed by atoms with E-state index in [0.717, 1.165) is 18.2 Å². The van der Waals surface area contributed by atoms with Crippen LogP contribution in [-0.4, -0.2) is 100 Å². The molecule has 0 fully saturated rings. The Labute approximate surface area is 420 Å². The smallest absolute Gasteiger partial charge is 0.296 e. The normalized spacial score (nSPS) is 12.7. The van der Waals surface area contributed by atoms with Crippen LogP contribution in [0, 0.1) is 0 Å². The zero-order chi connectivity index (χ0) is 53.6. The molecule has 0 atom stereocenters. The van der Waals surface area contributed by atoms with Crippen molar-refractivity contribution >= 4 is 130 Å². The van der Waals surface area contributed by atoms with Crippen molar-refractivity contribution in [1.29, 1.82) is 0 Å². The van der Waals surface area contributed by atoms with E-state index in [4.69, 9.17) is 17.3 Å². The van der Waals surface area contributed by atoms with E-state index in [9.17, 15) is 65.4 Å². The van der Waals surface area contributed by atoms with Crippen LogP contribution in [0.25, 0.3) is 22.2 Å². The molecule has 0 radical (unpaired) electrons. The third-order valence-electron chi connectivity index (χ3n) is 10.5. The molecule has 0 aliphatic heterocycles. The van der Waals surface area contributed by atoms with E-state index >= 15 is 0 Å². The Morgan fingerprint density at radius 3 is 1.82 bits per heavy atom. The van der Waals surface area contributed by atoms with Gasteiger partial charge in [-0.15, -0.1) is 15.3 Å². The molecule has 0 bridgehead atoms. The van der Waals surface area contributed by atoms with E-state index < -0.39 is 104 Å². The van der Waals surface area contributed by atoms with Gasteiger partial charge in [0, 0.05) is 31.0 Å². The van der Waals surface area contributed by atoms with Crippen LogP contribution in [0.15, 0.2) is 142 Å². The third-order valence-corrected chi connectivity index (χ3v) is 15.9. The maximum atomic E-state index is 12.7. The number of halogens is 1. The van der Waals surface area contributed by atoms with Crippen molar-refractivity contribution in [2.45, 2.75) is 31.4 Å². The molecule has 26 nitrogen and oxygen atoms in total. The molecular formula is C41H36ClN11O15S5. The zero-order valence-electron chi connectivity index (χ0n) is 37.3. The molecule has 7 aromatic rings. The lowest BCUT2D eigenvalue weighted by atomic mass is 10.1. The van der Waals surface area contributed by atoms with Crippen molar-refractivity contribution in [1.82, 2.24) is 15.0 Å². The number of benzene rings is 6. The number of hydrogen-bond acceptors (Lipinski definition) is 22. The molecule has 0 saturated carbocycles. The first-order valence-corrected chi connectivity index (χ1v) is 28.0. The largest absolute Gasteiger partial charge is 0.505 e. The lowest BCUT2D eigenvalue weighted by molar-refractivity contribution is 0.472. The highest BCUT2D eigenvalue weighted by Gasteiger charge is 2.29. The average Bonchev–Trinajstić information content (AvgIpc) is 3.31. The minimum absolute atomic E-state index is 0.0241. The Morgan fingerprint density at radius 2 is 1.25 bits per heavy atom. The first-order valence-electron chi connectivity index (χ1n) is 20.2. The average molecular weight is 1120 g/mol. The fourth-order valence-corrected chi connectivity index (χ4v) is 10.4. The number of aromatic nitrogens is 3. The van der Waals surface area contributed by atoms with Crippen LogP contribution >= 0.6 is 11.6 Å². The molecule has 32 heteroatoms. The summed E-state index contributed by atoms with van der Waals surface area (Å²) in [6.45, 7) is 1.43. The second kappa shape index (κ2) is 19.9. The number of anilines is 6. The number of nitrogens with two attached hydrogens (primary N) is 1. The van der Waals surface area contributed by atoms with E-state index in [1.807, 2.05) is 0 Å². The molecular weight excluding hydrogens is 1080 g/mol. The van der Waals surface area contributed by atoms with Gasteiger partial charge < -0.3 is 26.4 Å². The van der Waals surface area contributed by atoms with Gasteiger partial charge in [-0.3, -0.25) is 18.2 Å². The van der Waals surface area contributed by atoms with Crippen LogP contribution in [-0.2, 0) is 50.3 Å². The summed E-state index contributed by atoms with van der Waals surface area (Å²) in [6.07, 6.45) is 0. The molecule has 1 aromatic heterocycles. The van der Waals surface area contributed by atoms with Crippen molar-refractivity contribution in [2.75, 3.05) is 41.1 Å². The van der Waals surface area contributed by atoms with Crippen LogP contribution in [0.1, 0.15) is 6.92 Å². The van der Waals surface area contributed by atoms with Gasteiger partial charge in [-0.1, -0.05) is 6.92 Å². The number of rotatable bonds is 16. The number of nitrogens with one attached hydrogen (secondary N) is 2. The predicted molar refractivity (Wildman–Crippen MR) is 266 cm³/mol. The van der Waals surface area contributed by atoms with E-state index in [-0.39, 0.29) is 44.0 Å². The van der Waals surface area contributed by atoms with Crippen molar-refractivity contribution in [3.8, 4) is 17.1 Å². The number of fused-ring (bicyclic) bond motifs is 1. The summed E-state index contributed by atoms with van der Waals surface area (Å²) in [5, 5.41) is 31.2. The molecule has 0 amide bonds. The summed E-state index contributed by atoms with van der Waals surface area (Å²) in [5.41, 5.74) is 4.93. The van der Waals surface area contributed by atoms with Gasteiger partial charge in [0.25, 0.3) is 40.5 Å². The number of hydrogen-bond donors (Lipinski definition) is 8. The van der Waals surface area contributed by atoms with Gasteiger partial charge in [0.15, 0.2) is 21.4 Å². The fourth-order valence-electron chi connectivity index (χ4n) is 6.91. The topological polar surface area (TPSA) is 413 Å². The lowest BCUT2D eigenvalue weighted by Gasteiger charge is -2.23. The molecule has 0 aliphatic carbocycles. The van der Waals surface area contributed by atoms with Gasteiger partial charge in [0.1, 0.15) is 31.7 Å². The van der Waals surface area contributed by atoms with Gasteiger partial charge in [-0.2, -0.15) is 53.7 Å². The number of aromatic hydroxyl groups is 1.